The molecule has 0 unspecified atom stereocenters. The molecule has 1 saturated heterocycles. The maximum atomic E-state index is 9.59. The van der Waals surface area contributed by atoms with Crippen molar-refractivity contribution in [2.45, 2.75) is 45.4 Å². The minimum Gasteiger partial charge on any atom is -0.384 e. The predicted molar refractivity (Wildman–Crippen MR) is 126 cm³/mol. The Labute approximate surface area is 180 Å². The molecule has 0 aromatic heterocycles. The quantitative estimate of drug-likeness (QED) is 0.284. The van der Waals surface area contributed by atoms with Crippen LogP contribution in [0.4, 0.5) is 5.69 Å². The number of unbranched alkanes of at least 4 members (excludes halogenated alkanes) is 5. The summed E-state index contributed by atoms with van der Waals surface area (Å²) in [6.45, 7) is 9.55. The number of nitrogens with one attached hydrogen (secondary N) is 1. The molecule has 0 saturated carbocycles. The minimum absolute atomic E-state index is 0.589. The molecule has 158 valence electrons. The first-order chi connectivity index (χ1) is 14.7. The van der Waals surface area contributed by atoms with Crippen LogP contribution >= 0.6 is 0 Å². The van der Waals surface area contributed by atoms with E-state index in [0.717, 1.165) is 37.1 Å². The number of ether oxygens (including phenoxy) is 1. The lowest BCUT2D eigenvalue weighted by Gasteiger charge is -2.16. The molecule has 0 bridgehead atoms. The summed E-state index contributed by atoms with van der Waals surface area (Å²) in [5.74, 6) is 0. The number of rotatable bonds is 11. The fourth-order valence-corrected chi connectivity index (χ4v) is 3.75. The van der Waals surface area contributed by atoms with Gasteiger partial charge in [-0.05, 0) is 47.0 Å². The molecular formula is C26H33N3O. The van der Waals surface area contributed by atoms with Crippen molar-refractivity contribution in [3.05, 3.63) is 59.8 Å². The first-order valence-corrected chi connectivity index (χ1v) is 11.1. The fourth-order valence-electron chi connectivity index (χ4n) is 3.75. The second-order valence-corrected chi connectivity index (χ2v) is 7.93. The van der Waals surface area contributed by atoms with Gasteiger partial charge in [-0.2, -0.15) is 5.26 Å². The Balaban J connectivity index is 1.59. The van der Waals surface area contributed by atoms with Gasteiger partial charge in [-0.1, -0.05) is 63.8 Å². The smallest absolute Gasteiger partial charge is 0.119 e. The number of nitrogens with zero attached hydrogens (tertiary/aromatic N) is 2. The minimum atomic E-state index is 0.589. The van der Waals surface area contributed by atoms with Crippen LogP contribution in [0.2, 0.25) is 0 Å². The van der Waals surface area contributed by atoms with Gasteiger partial charge < -0.3 is 15.0 Å². The van der Waals surface area contributed by atoms with Crippen LogP contribution in [0.15, 0.2) is 54.2 Å². The van der Waals surface area contributed by atoms with Gasteiger partial charge in [-0.3, -0.25) is 0 Å². The molecule has 4 heteroatoms. The number of allylic oxidation sites excluding steroid dienone is 1. The molecule has 30 heavy (non-hydrogen) atoms. The van der Waals surface area contributed by atoms with Gasteiger partial charge in [0, 0.05) is 24.5 Å². The van der Waals surface area contributed by atoms with Crippen molar-refractivity contribution in [3.63, 3.8) is 0 Å². The van der Waals surface area contributed by atoms with Gasteiger partial charge in [0.1, 0.15) is 12.8 Å². The average Bonchev–Trinajstić information content (AvgIpc) is 3.31. The summed E-state index contributed by atoms with van der Waals surface area (Å²) in [7, 11) is 0. The molecule has 0 atom stereocenters. The fraction of sp³-hybridized carbons (Fsp3) is 0.423. The highest BCUT2D eigenvalue weighted by Gasteiger charge is 2.12. The normalized spacial score (nSPS) is 14.1. The van der Waals surface area contributed by atoms with Crippen molar-refractivity contribution in [1.29, 1.82) is 5.26 Å². The third-order valence-corrected chi connectivity index (χ3v) is 5.59. The van der Waals surface area contributed by atoms with Gasteiger partial charge in [0.05, 0.1) is 12.2 Å². The van der Waals surface area contributed by atoms with Crippen molar-refractivity contribution in [3.8, 4) is 6.07 Å². The van der Waals surface area contributed by atoms with E-state index in [2.05, 4.69) is 66.2 Å². The lowest BCUT2D eigenvalue weighted by Crippen LogP contribution is -2.18. The summed E-state index contributed by atoms with van der Waals surface area (Å²) in [5, 5.41) is 15.3. The summed E-state index contributed by atoms with van der Waals surface area (Å²) < 4.78 is 5.45. The molecule has 2 aromatic carbocycles. The van der Waals surface area contributed by atoms with E-state index in [4.69, 9.17) is 4.74 Å². The molecule has 2 aromatic rings. The monoisotopic (exact) mass is 403 g/mol. The maximum absolute atomic E-state index is 9.59. The molecule has 1 heterocycles. The Kier molecular flexibility index (Phi) is 8.35. The summed E-state index contributed by atoms with van der Waals surface area (Å²) >= 11 is 0. The highest BCUT2D eigenvalue weighted by atomic mass is 16.5. The summed E-state index contributed by atoms with van der Waals surface area (Å²) in [5.41, 5.74) is 3.49. The van der Waals surface area contributed by atoms with E-state index >= 15 is 0 Å². The molecule has 0 amide bonds. The molecule has 3 rings (SSSR count). The highest BCUT2D eigenvalue weighted by molar-refractivity contribution is 5.88. The van der Waals surface area contributed by atoms with Crippen LogP contribution in [-0.4, -0.2) is 26.4 Å². The summed E-state index contributed by atoms with van der Waals surface area (Å²) in [6, 6.07) is 15.1. The van der Waals surface area contributed by atoms with E-state index in [0.29, 0.717) is 18.0 Å². The summed E-state index contributed by atoms with van der Waals surface area (Å²) in [4.78, 5) is 2.24. The highest BCUT2D eigenvalue weighted by Crippen LogP contribution is 2.25. The Bertz CT molecular complexity index is 920. The molecule has 1 fully saturated rings. The van der Waals surface area contributed by atoms with Crippen LogP contribution in [0.25, 0.3) is 16.8 Å². The zero-order valence-corrected chi connectivity index (χ0v) is 18.1. The van der Waals surface area contributed by atoms with Crippen LogP contribution < -0.4 is 10.2 Å². The zero-order chi connectivity index (χ0) is 21.2. The van der Waals surface area contributed by atoms with E-state index < -0.39 is 0 Å². The molecule has 1 aliphatic heterocycles. The third kappa shape index (κ3) is 6.11. The Morgan fingerprint density at radius 2 is 1.90 bits per heavy atom. The van der Waals surface area contributed by atoms with E-state index in [1.165, 1.54) is 43.2 Å². The van der Waals surface area contributed by atoms with Crippen LogP contribution in [0.1, 0.15) is 51.0 Å². The van der Waals surface area contributed by atoms with Gasteiger partial charge in [0.15, 0.2) is 0 Å². The maximum Gasteiger partial charge on any atom is 0.119 e. The largest absolute Gasteiger partial charge is 0.384 e. The van der Waals surface area contributed by atoms with Crippen LogP contribution in [0, 0.1) is 11.3 Å². The van der Waals surface area contributed by atoms with Gasteiger partial charge in [-0.15, -0.1) is 0 Å². The number of fused-ring (bicyclic) bond motifs is 1. The van der Waals surface area contributed by atoms with E-state index in [1.807, 2.05) is 6.08 Å². The van der Waals surface area contributed by atoms with Crippen molar-refractivity contribution in [1.82, 2.24) is 5.32 Å². The molecule has 1 N–H and O–H groups in total. The van der Waals surface area contributed by atoms with Crippen molar-refractivity contribution >= 4 is 22.5 Å². The van der Waals surface area contributed by atoms with Gasteiger partial charge in [0.25, 0.3) is 0 Å². The Morgan fingerprint density at radius 1 is 1.13 bits per heavy atom. The molecular weight excluding hydrogens is 370 g/mol. The molecule has 0 aliphatic carbocycles. The number of hydrogen-bond acceptors (Lipinski definition) is 4. The SMILES string of the molecule is C=C(NCCCCCCCC)/C(C#N)=C/c1ccc2cc(N3CCOC3)ccc2c1. The van der Waals surface area contributed by atoms with Crippen molar-refractivity contribution < 1.29 is 4.74 Å². The van der Waals surface area contributed by atoms with Crippen molar-refractivity contribution in [2.75, 3.05) is 31.3 Å². The average molecular weight is 404 g/mol. The van der Waals surface area contributed by atoms with Gasteiger partial charge in [0.2, 0.25) is 0 Å². The van der Waals surface area contributed by atoms with E-state index in [-0.39, 0.29) is 0 Å². The third-order valence-electron chi connectivity index (χ3n) is 5.59. The van der Waals surface area contributed by atoms with Crippen LogP contribution in [0.3, 0.4) is 0 Å². The van der Waals surface area contributed by atoms with Gasteiger partial charge in [-0.25, -0.2) is 0 Å². The number of nitriles is 1. The lowest BCUT2D eigenvalue weighted by molar-refractivity contribution is 0.201. The lowest BCUT2D eigenvalue weighted by atomic mass is 10.0. The van der Waals surface area contributed by atoms with Crippen molar-refractivity contribution in [2.24, 2.45) is 0 Å². The van der Waals surface area contributed by atoms with Crippen LogP contribution in [-0.2, 0) is 4.74 Å². The Morgan fingerprint density at radius 3 is 2.67 bits per heavy atom. The number of hydrogen-bond donors (Lipinski definition) is 1. The zero-order valence-electron chi connectivity index (χ0n) is 18.1. The first-order valence-electron chi connectivity index (χ1n) is 11.1. The number of anilines is 1. The molecule has 0 spiro atoms. The predicted octanol–water partition coefficient (Wildman–Crippen LogP) is 6.00. The second kappa shape index (κ2) is 11.4. The van der Waals surface area contributed by atoms with E-state index in [9.17, 15) is 5.26 Å². The van der Waals surface area contributed by atoms with E-state index in [1.54, 1.807) is 0 Å². The van der Waals surface area contributed by atoms with Gasteiger partial charge >= 0.3 is 0 Å². The standard InChI is InChI=1S/C26H33N3O/c1-3-4-5-6-7-8-13-28-21(2)25(19-27)17-22-9-10-24-18-26(12-11-23(24)16-22)29-14-15-30-20-29/h9-12,16-18,28H,2-8,13-15,20H2,1H3/b25-17+. The first kappa shape index (κ1) is 21.9. The van der Waals surface area contributed by atoms with Crippen LogP contribution in [0.5, 0.6) is 0 Å². The summed E-state index contributed by atoms with van der Waals surface area (Å²) in [6.07, 6.45) is 9.45. The Hall–Kier alpha value is -2.77. The molecule has 4 nitrogen and oxygen atoms in total. The topological polar surface area (TPSA) is 48.3 Å². The molecule has 0 radical (unpaired) electrons. The second-order valence-electron chi connectivity index (χ2n) is 7.93. The molecule has 1 aliphatic rings. The number of benzene rings is 2.